The average molecular weight is 239 g/mol. The van der Waals surface area contributed by atoms with Crippen LogP contribution in [0.2, 0.25) is 0 Å². The topological polar surface area (TPSA) is 30.8 Å². The first kappa shape index (κ1) is 10.8. The fourth-order valence-corrected chi connectivity index (χ4v) is 1.85. The Labute approximate surface area is 106 Å². The van der Waals surface area contributed by atoms with Crippen LogP contribution in [-0.2, 0) is 0 Å². The van der Waals surface area contributed by atoms with Gasteiger partial charge in [-0.3, -0.25) is 4.99 Å². The Hall–Kier alpha value is -2.29. The van der Waals surface area contributed by atoms with Gasteiger partial charge in [0.15, 0.2) is 11.5 Å². The molecule has 1 heterocycles. The van der Waals surface area contributed by atoms with Gasteiger partial charge in [0, 0.05) is 6.21 Å². The molecule has 0 spiro atoms. The molecular formula is C15H13NO2. The van der Waals surface area contributed by atoms with Crippen molar-refractivity contribution in [3.05, 3.63) is 53.6 Å². The van der Waals surface area contributed by atoms with Crippen LogP contribution in [0.1, 0.15) is 11.1 Å². The zero-order valence-electron chi connectivity index (χ0n) is 10.1. The Morgan fingerprint density at radius 2 is 1.89 bits per heavy atom. The molecule has 3 nitrogen and oxygen atoms in total. The van der Waals surface area contributed by atoms with Gasteiger partial charge in [0.2, 0.25) is 6.79 Å². The van der Waals surface area contributed by atoms with E-state index in [9.17, 15) is 0 Å². The second kappa shape index (κ2) is 4.53. The Balaban J connectivity index is 1.87. The summed E-state index contributed by atoms with van der Waals surface area (Å²) in [7, 11) is 0. The predicted molar refractivity (Wildman–Crippen MR) is 71.0 cm³/mol. The summed E-state index contributed by atoms with van der Waals surface area (Å²) >= 11 is 0. The summed E-state index contributed by atoms with van der Waals surface area (Å²) in [5, 5.41) is 0. The molecule has 0 N–H and O–H groups in total. The second-order valence-electron chi connectivity index (χ2n) is 4.16. The SMILES string of the molecule is Cc1ccccc1N=Cc1ccc2c(c1)OCO2. The first-order chi connectivity index (χ1) is 8.83. The molecule has 2 aromatic rings. The molecule has 0 saturated carbocycles. The van der Waals surface area contributed by atoms with Gasteiger partial charge in [-0.2, -0.15) is 0 Å². The van der Waals surface area contributed by atoms with E-state index in [2.05, 4.69) is 4.99 Å². The lowest BCUT2D eigenvalue weighted by molar-refractivity contribution is 0.174. The minimum atomic E-state index is 0.299. The highest BCUT2D eigenvalue weighted by Crippen LogP contribution is 2.32. The molecule has 0 amide bonds. The zero-order valence-corrected chi connectivity index (χ0v) is 10.1. The number of hydrogen-bond acceptors (Lipinski definition) is 3. The lowest BCUT2D eigenvalue weighted by Crippen LogP contribution is -1.92. The maximum Gasteiger partial charge on any atom is 0.231 e. The third-order valence-corrected chi connectivity index (χ3v) is 2.86. The first-order valence-electron chi connectivity index (χ1n) is 5.82. The van der Waals surface area contributed by atoms with Crippen LogP contribution >= 0.6 is 0 Å². The summed E-state index contributed by atoms with van der Waals surface area (Å²) in [4.78, 5) is 4.48. The van der Waals surface area contributed by atoms with E-state index in [1.807, 2.05) is 55.6 Å². The number of para-hydroxylation sites is 1. The average Bonchev–Trinajstić information content (AvgIpc) is 2.85. The normalized spacial score (nSPS) is 13.2. The molecule has 0 atom stereocenters. The van der Waals surface area contributed by atoms with Crippen molar-refractivity contribution >= 4 is 11.9 Å². The van der Waals surface area contributed by atoms with E-state index in [4.69, 9.17) is 9.47 Å². The Morgan fingerprint density at radius 1 is 1.06 bits per heavy atom. The minimum absolute atomic E-state index is 0.299. The summed E-state index contributed by atoms with van der Waals surface area (Å²) in [5.74, 6) is 1.58. The van der Waals surface area contributed by atoms with Crippen LogP contribution in [0, 0.1) is 6.92 Å². The van der Waals surface area contributed by atoms with Gasteiger partial charge in [-0.25, -0.2) is 0 Å². The van der Waals surface area contributed by atoms with Gasteiger partial charge < -0.3 is 9.47 Å². The van der Waals surface area contributed by atoms with Crippen LogP contribution < -0.4 is 9.47 Å². The molecule has 0 bridgehead atoms. The van der Waals surface area contributed by atoms with Crippen LogP contribution in [0.3, 0.4) is 0 Å². The molecule has 18 heavy (non-hydrogen) atoms. The molecule has 1 aliphatic heterocycles. The maximum atomic E-state index is 5.33. The summed E-state index contributed by atoms with van der Waals surface area (Å²) in [6.45, 7) is 2.35. The molecular weight excluding hydrogens is 226 g/mol. The molecule has 1 aliphatic rings. The predicted octanol–water partition coefficient (Wildman–Crippen LogP) is 3.47. The van der Waals surface area contributed by atoms with E-state index in [1.54, 1.807) is 0 Å². The van der Waals surface area contributed by atoms with Gasteiger partial charge in [0.25, 0.3) is 0 Å². The van der Waals surface area contributed by atoms with E-state index in [0.29, 0.717) is 6.79 Å². The summed E-state index contributed by atoms with van der Waals surface area (Å²) < 4.78 is 10.6. The zero-order chi connectivity index (χ0) is 12.4. The van der Waals surface area contributed by atoms with Crippen LogP contribution in [0.25, 0.3) is 0 Å². The first-order valence-corrected chi connectivity index (χ1v) is 5.82. The summed E-state index contributed by atoms with van der Waals surface area (Å²) in [5.41, 5.74) is 3.15. The molecule has 0 radical (unpaired) electrons. The quantitative estimate of drug-likeness (QED) is 0.751. The number of hydrogen-bond donors (Lipinski definition) is 0. The van der Waals surface area contributed by atoms with Crippen molar-refractivity contribution < 1.29 is 9.47 Å². The van der Waals surface area contributed by atoms with Crippen molar-refractivity contribution in [3.63, 3.8) is 0 Å². The molecule has 0 aromatic heterocycles. The number of aliphatic imine (C=N–C) groups is 1. The maximum absolute atomic E-state index is 5.33. The van der Waals surface area contributed by atoms with Gasteiger partial charge in [-0.1, -0.05) is 18.2 Å². The molecule has 3 rings (SSSR count). The van der Waals surface area contributed by atoms with E-state index < -0.39 is 0 Å². The molecule has 0 fully saturated rings. The van der Waals surface area contributed by atoms with Gasteiger partial charge in [-0.15, -0.1) is 0 Å². The highest BCUT2D eigenvalue weighted by Gasteiger charge is 2.12. The smallest absolute Gasteiger partial charge is 0.231 e. The molecule has 3 heteroatoms. The Bertz CT molecular complexity index is 605. The van der Waals surface area contributed by atoms with E-state index in [1.165, 1.54) is 0 Å². The van der Waals surface area contributed by atoms with Crippen LogP contribution in [0.15, 0.2) is 47.5 Å². The fraction of sp³-hybridized carbons (Fsp3) is 0.133. The molecule has 2 aromatic carbocycles. The number of fused-ring (bicyclic) bond motifs is 1. The van der Waals surface area contributed by atoms with Crippen molar-refractivity contribution in [2.24, 2.45) is 4.99 Å². The van der Waals surface area contributed by atoms with Crippen molar-refractivity contribution in [3.8, 4) is 11.5 Å². The summed E-state index contributed by atoms with van der Waals surface area (Å²) in [6.07, 6.45) is 1.84. The van der Waals surface area contributed by atoms with Crippen molar-refractivity contribution in [1.29, 1.82) is 0 Å². The van der Waals surface area contributed by atoms with E-state index in [-0.39, 0.29) is 0 Å². The van der Waals surface area contributed by atoms with Crippen LogP contribution in [0.4, 0.5) is 5.69 Å². The third kappa shape index (κ3) is 2.07. The lowest BCUT2D eigenvalue weighted by Gasteiger charge is -1.99. The summed E-state index contributed by atoms with van der Waals surface area (Å²) in [6, 6.07) is 13.8. The monoisotopic (exact) mass is 239 g/mol. The van der Waals surface area contributed by atoms with Gasteiger partial charge in [0.1, 0.15) is 0 Å². The number of ether oxygens (including phenoxy) is 2. The number of aryl methyl sites for hydroxylation is 1. The third-order valence-electron chi connectivity index (χ3n) is 2.86. The largest absolute Gasteiger partial charge is 0.454 e. The van der Waals surface area contributed by atoms with Crippen molar-refractivity contribution in [2.45, 2.75) is 6.92 Å². The number of rotatable bonds is 2. The lowest BCUT2D eigenvalue weighted by atomic mass is 10.2. The van der Waals surface area contributed by atoms with Crippen LogP contribution in [-0.4, -0.2) is 13.0 Å². The van der Waals surface area contributed by atoms with Gasteiger partial charge >= 0.3 is 0 Å². The Morgan fingerprint density at radius 3 is 2.78 bits per heavy atom. The number of nitrogens with zero attached hydrogens (tertiary/aromatic N) is 1. The number of benzene rings is 2. The fourth-order valence-electron chi connectivity index (χ4n) is 1.85. The standard InChI is InChI=1S/C15H13NO2/c1-11-4-2-3-5-13(11)16-9-12-6-7-14-15(8-12)18-10-17-14/h2-9H,10H2,1H3. The second-order valence-corrected chi connectivity index (χ2v) is 4.16. The van der Waals surface area contributed by atoms with E-state index >= 15 is 0 Å². The Kier molecular flexibility index (Phi) is 2.73. The molecule has 0 saturated heterocycles. The van der Waals surface area contributed by atoms with Crippen molar-refractivity contribution in [1.82, 2.24) is 0 Å². The van der Waals surface area contributed by atoms with Crippen molar-refractivity contribution in [2.75, 3.05) is 6.79 Å². The van der Waals surface area contributed by atoms with E-state index in [0.717, 1.165) is 28.3 Å². The van der Waals surface area contributed by atoms with Crippen LogP contribution in [0.5, 0.6) is 11.5 Å². The van der Waals surface area contributed by atoms with Gasteiger partial charge in [0.05, 0.1) is 5.69 Å². The minimum Gasteiger partial charge on any atom is -0.454 e. The van der Waals surface area contributed by atoms with Gasteiger partial charge in [-0.05, 0) is 42.3 Å². The molecule has 0 unspecified atom stereocenters. The molecule has 0 aliphatic carbocycles. The highest BCUT2D eigenvalue weighted by molar-refractivity contribution is 5.83. The highest BCUT2D eigenvalue weighted by atomic mass is 16.7. The molecule has 90 valence electrons.